The fourth-order valence-corrected chi connectivity index (χ4v) is 3.85. The molecule has 136 valence electrons. The monoisotopic (exact) mass is 347 g/mol. The van der Waals surface area contributed by atoms with Crippen LogP contribution < -0.4 is 0 Å². The van der Waals surface area contributed by atoms with Gasteiger partial charge < -0.3 is 10.0 Å². The zero-order chi connectivity index (χ0) is 17.9. The molecule has 1 spiro atoms. The number of likely N-dealkylation sites (tertiary alicyclic amines) is 1. The number of aromatic nitrogens is 2. The lowest BCUT2D eigenvalue weighted by Gasteiger charge is -2.49. The van der Waals surface area contributed by atoms with Crippen molar-refractivity contribution in [2.24, 2.45) is 0 Å². The van der Waals surface area contributed by atoms with Crippen LogP contribution in [0.25, 0.3) is 0 Å². The summed E-state index contributed by atoms with van der Waals surface area (Å²) in [6.07, 6.45) is 5.44. The molecule has 1 atom stereocenters. The first-order chi connectivity index (χ1) is 12.0. The summed E-state index contributed by atoms with van der Waals surface area (Å²) in [4.78, 5) is 38.0. The number of carbonyl (C=O) groups is 2. The number of aliphatic carboxylic acids is 1. The number of hydrogen-bond acceptors (Lipinski definition) is 6. The number of hydrogen-bond donors (Lipinski definition) is 1. The summed E-state index contributed by atoms with van der Waals surface area (Å²) in [6, 6.07) is 1.81. The predicted molar refractivity (Wildman–Crippen MR) is 90.7 cm³/mol. The smallest absolute Gasteiger partial charge is 0.323 e. The van der Waals surface area contributed by atoms with E-state index in [4.69, 9.17) is 5.11 Å². The minimum Gasteiger partial charge on any atom is -0.480 e. The van der Waals surface area contributed by atoms with E-state index in [-0.39, 0.29) is 18.0 Å². The van der Waals surface area contributed by atoms with Crippen molar-refractivity contribution < 1.29 is 14.7 Å². The van der Waals surface area contributed by atoms with Gasteiger partial charge >= 0.3 is 5.97 Å². The van der Waals surface area contributed by atoms with Crippen LogP contribution in [-0.4, -0.2) is 87.0 Å². The van der Waals surface area contributed by atoms with Crippen molar-refractivity contribution in [2.75, 3.05) is 39.8 Å². The quantitative estimate of drug-likeness (QED) is 0.824. The fraction of sp³-hybridized carbons (Fsp3) is 0.647. The number of carboxylic acid groups (broad SMARTS) is 1. The van der Waals surface area contributed by atoms with Crippen molar-refractivity contribution >= 4 is 11.9 Å². The molecule has 8 heteroatoms. The molecule has 0 aliphatic carbocycles. The first-order valence-electron chi connectivity index (χ1n) is 8.68. The molecule has 3 heterocycles. The summed E-state index contributed by atoms with van der Waals surface area (Å²) in [5.41, 5.74) is -0.101. The highest BCUT2D eigenvalue weighted by molar-refractivity contribution is 5.81. The Morgan fingerprint density at radius 2 is 2.00 bits per heavy atom. The molecule has 2 fully saturated rings. The molecule has 1 unspecified atom stereocenters. The van der Waals surface area contributed by atoms with E-state index in [2.05, 4.69) is 26.8 Å². The molecular formula is C17H25N5O3. The maximum atomic E-state index is 12.3. The van der Waals surface area contributed by atoms with E-state index in [1.807, 2.05) is 6.07 Å². The van der Waals surface area contributed by atoms with Crippen molar-refractivity contribution in [3.05, 3.63) is 24.3 Å². The molecule has 0 radical (unpaired) electrons. The summed E-state index contributed by atoms with van der Waals surface area (Å²) in [5.74, 6) is -0.209. The van der Waals surface area contributed by atoms with Crippen molar-refractivity contribution in [1.29, 1.82) is 0 Å². The number of carbonyl (C=O) groups excluding carboxylic acids is 1. The minimum atomic E-state index is -0.954. The number of nitrogens with zero attached hydrogens (tertiary/aromatic N) is 5. The Kier molecular flexibility index (Phi) is 5.29. The normalized spacial score (nSPS) is 26.0. The Hall–Kier alpha value is -2.06. The van der Waals surface area contributed by atoms with Gasteiger partial charge in [0.05, 0.1) is 6.54 Å². The molecule has 3 rings (SSSR count). The zero-order valence-electron chi connectivity index (χ0n) is 14.6. The second-order valence-corrected chi connectivity index (χ2v) is 6.98. The third-order valence-corrected chi connectivity index (χ3v) is 5.39. The molecule has 0 bridgehead atoms. The fourth-order valence-electron chi connectivity index (χ4n) is 3.85. The van der Waals surface area contributed by atoms with E-state index in [1.165, 1.54) is 4.90 Å². The van der Waals surface area contributed by atoms with Crippen molar-refractivity contribution in [2.45, 2.75) is 31.3 Å². The number of likely N-dealkylation sites (N-methyl/N-ethyl adjacent to an activating group) is 1. The Balaban J connectivity index is 1.70. The predicted octanol–water partition coefficient (Wildman–Crippen LogP) is 0.0599. The summed E-state index contributed by atoms with van der Waals surface area (Å²) in [6.45, 7) is 3.67. The highest BCUT2D eigenvalue weighted by atomic mass is 16.4. The highest BCUT2D eigenvalue weighted by Crippen LogP contribution is 2.32. The lowest BCUT2D eigenvalue weighted by atomic mass is 9.86. The van der Waals surface area contributed by atoms with Gasteiger partial charge in [-0.1, -0.05) is 0 Å². The number of rotatable bonds is 4. The molecule has 2 aliphatic rings. The van der Waals surface area contributed by atoms with Crippen LogP contribution in [0.4, 0.5) is 0 Å². The summed E-state index contributed by atoms with van der Waals surface area (Å²) < 4.78 is 0. The van der Waals surface area contributed by atoms with Crippen LogP contribution in [0.1, 0.15) is 25.1 Å². The van der Waals surface area contributed by atoms with Crippen LogP contribution in [0.2, 0.25) is 0 Å². The van der Waals surface area contributed by atoms with Gasteiger partial charge in [0.1, 0.15) is 12.4 Å². The van der Waals surface area contributed by atoms with Gasteiger partial charge in [-0.05, 0) is 26.0 Å². The third-order valence-electron chi connectivity index (χ3n) is 5.39. The van der Waals surface area contributed by atoms with E-state index in [9.17, 15) is 9.59 Å². The van der Waals surface area contributed by atoms with Crippen molar-refractivity contribution in [1.82, 2.24) is 24.7 Å². The van der Waals surface area contributed by atoms with E-state index in [0.717, 1.165) is 38.3 Å². The summed E-state index contributed by atoms with van der Waals surface area (Å²) in [7, 11) is 2.10. The van der Waals surface area contributed by atoms with Crippen molar-refractivity contribution in [3.8, 4) is 0 Å². The Bertz CT molecular complexity index is 626. The lowest BCUT2D eigenvalue weighted by molar-refractivity contribution is -0.144. The molecule has 25 heavy (non-hydrogen) atoms. The van der Waals surface area contributed by atoms with Gasteiger partial charge in [-0.25, -0.2) is 9.97 Å². The lowest BCUT2D eigenvalue weighted by Crippen LogP contribution is -2.60. The van der Waals surface area contributed by atoms with Crippen LogP contribution in [0.15, 0.2) is 18.5 Å². The SMILES string of the molecule is CN1CCN(Cc2ncccn2)CC12CCC(=O)N(CC(=O)O)CC2. The molecular weight excluding hydrogens is 322 g/mol. The molecule has 1 aromatic rings. The second kappa shape index (κ2) is 7.45. The molecule has 1 amide bonds. The minimum absolute atomic E-state index is 0.0591. The summed E-state index contributed by atoms with van der Waals surface area (Å²) in [5, 5.41) is 9.01. The maximum absolute atomic E-state index is 12.3. The van der Waals surface area contributed by atoms with Crippen LogP contribution in [0, 0.1) is 0 Å². The molecule has 1 N–H and O–H groups in total. The van der Waals surface area contributed by atoms with Gasteiger partial charge in [0.2, 0.25) is 5.91 Å². The number of amides is 1. The van der Waals surface area contributed by atoms with Crippen molar-refractivity contribution in [3.63, 3.8) is 0 Å². The van der Waals surface area contributed by atoms with E-state index in [1.54, 1.807) is 12.4 Å². The van der Waals surface area contributed by atoms with E-state index in [0.29, 0.717) is 19.5 Å². The molecule has 1 aromatic heterocycles. The van der Waals surface area contributed by atoms with Gasteiger partial charge in [0.15, 0.2) is 0 Å². The second-order valence-electron chi connectivity index (χ2n) is 6.98. The third kappa shape index (κ3) is 4.13. The maximum Gasteiger partial charge on any atom is 0.323 e. The van der Waals surface area contributed by atoms with Gasteiger partial charge in [-0.3, -0.25) is 19.4 Å². The topological polar surface area (TPSA) is 89.9 Å². The Labute approximate surface area is 147 Å². The molecule has 0 aromatic carbocycles. The van der Waals surface area contributed by atoms with Crippen LogP contribution >= 0.6 is 0 Å². The van der Waals surface area contributed by atoms with Gasteiger partial charge in [-0.15, -0.1) is 0 Å². The first kappa shape index (κ1) is 17.8. The standard InChI is InChI=1S/C17H25N5O3/c1-20-9-10-21(11-14-18-6-2-7-19-14)13-17(20)4-3-15(23)22(8-5-17)12-16(24)25/h2,6-7H,3-5,8-13H2,1H3,(H,24,25). The average molecular weight is 347 g/mol. The summed E-state index contributed by atoms with van der Waals surface area (Å²) >= 11 is 0. The Morgan fingerprint density at radius 1 is 1.24 bits per heavy atom. The largest absolute Gasteiger partial charge is 0.480 e. The van der Waals surface area contributed by atoms with Crippen LogP contribution in [0.5, 0.6) is 0 Å². The zero-order valence-corrected chi connectivity index (χ0v) is 14.6. The van der Waals surface area contributed by atoms with E-state index >= 15 is 0 Å². The molecule has 0 saturated carbocycles. The average Bonchev–Trinajstić information content (AvgIpc) is 2.74. The van der Waals surface area contributed by atoms with Crippen LogP contribution in [0.3, 0.4) is 0 Å². The van der Waals surface area contributed by atoms with Gasteiger partial charge in [0.25, 0.3) is 0 Å². The number of piperazine rings is 1. The van der Waals surface area contributed by atoms with Gasteiger partial charge in [-0.2, -0.15) is 0 Å². The number of carboxylic acids is 1. The molecule has 2 saturated heterocycles. The molecule has 2 aliphatic heterocycles. The molecule has 8 nitrogen and oxygen atoms in total. The van der Waals surface area contributed by atoms with Gasteiger partial charge in [0, 0.05) is 50.5 Å². The first-order valence-corrected chi connectivity index (χ1v) is 8.68. The van der Waals surface area contributed by atoms with E-state index < -0.39 is 5.97 Å². The Morgan fingerprint density at radius 3 is 2.72 bits per heavy atom. The highest BCUT2D eigenvalue weighted by Gasteiger charge is 2.42. The van der Waals surface area contributed by atoms with Crippen LogP contribution in [-0.2, 0) is 16.1 Å².